The van der Waals surface area contributed by atoms with Gasteiger partial charge in [0.25, 0.3) is 0 Å². The summed E-state index contributed by atoms with van der Waals surface area (Å²) in [5.74, 6) is 0. The van der Waals surface area contributed by atoms with Crippen molar-refractivity contribution >= 4 is 20.0 Å². The lowest BCUT2D eigenvalue weighted by atomic mass is 10.4. The Labute approximate surface area is 103 Å². The molecule has 0 radical (unpaired) electrons. The third-order valence-electron chi connectivity index (χ3n) is 2.09. The van der Waals surface area contributed by atoms with Gasteiger partial charge in [-0.3, -0.25) is 0 Å². The molecule has 0 aliphatic rings. The summed E-state index contributed by atoms with van der Waals surface area (Å²) in [6.45, 7) is -3.29. The Morgan fingerprint density at radius 3 is 1.94 bits per heavy atom. The molecule has 0 heterocycles. The van der Waals surface area contributed by atoms with E-state index in [4.69, 9.17) is 5.14 Å². The van der Waals surface area contributed by atoms with Crippen LogP contribution < -0.4 is 5.14 Å². The van der Waals surface area contributed by atoms with Crippen molar-refractivity contribution in [2.75, 3.05) is 7.05 Å². The van der Waals surface area contributed by atoms with Crippen LogP contribution in [0.5, 0.6) is 0 Å². The van der Waals surface area contributed by atoms with E-state index in [0.29, 0.717) is 7.05 Å². The van der Waals surface area contributed by atoms with Crippen LogP contribution in [-0.4, -0.2) is 34.7 Å². The standard InChI is InChI=1S/C8H10F2N2O4S2/c1-12(8(9)10)18(15,16)7-5-3-2-4-6(7)17(11,13)14/h2-5,8H,1H3,(H2,11,13,14). The molecule has 0 aliphatic carbocycles. The molecule has 0 aromatic heterocycles. The lowest BCUT2D eigenvalue weighted by Crippen LogP contribution is -2.33. The summed E-state index contributed by atoms with van der Waals surface area (Å²) in [6, 6.07) is 4.28. The van der Waals surface area contributed by atoms with Gasteiger partial charge in [-0.05, 0) is 12.1 Å². The largest absolute Gasteiger partial charge is 0.307 e. The van der Waals surface area contributed by atoms with E-state index >= 15 is 0 Å². The van der Waals surface area contributed by atoms with Gasteiger partial charge in [0.2, 0.25) is 20.0 Å². The van der Waals surface area contributed by atoms with Crippen molar-refractivity contribution in [3.8, 4) is 0 Å². The highest BCUT2D eigenvalue weighted by atomic mass is 32.2. The molecule has 0 unspecified atom stereocenters. The summed E-state index contributed by atoms with van der Waals surface area (Å²) in [6.07, 6.45) is 0. The number of sulfonamides is 2. The number of primary sulfonamides is 1. The minimum atomic E-state index is -4.63. The van der Waals surface area contributed by atoms with Crippen molar-refractivity contribution < 1.29 is 25.6 Å². The van der Waals surface area contributed by atoms with E-state index in [1.807, 2.05) is 0 Å². The average molecular weight is 300 g/mol. The quantitative estimate of drug-likeness (QED) is 0.802. The second-order valence-corrected chi connectivity index (χ2v) is 6.79. The maximum absolute atomic E-state index is 12.4. The highest BCUT2D eigenvalue weighted by molar-refractivity contribution is 7.92. The molecular formula is C8H10F2N2O4S2. The van der Waals surface area contributed by atoms with Gasteiger partial charge in [-0.2, -0.15) is 8.78 Å². The predicted molar refractivity (Wildman–Crippen MR) is 58.8 cm³/mol. The van der Waals surface area contributed by atoms with Crippen LogP contribution in [0.2, 0.25) is 0 Å². The molecule has 1 aromatic carbocycles. The van der Waals surface area contributed by atoms with E-state index < -0.39 is 36.4 Å². The number of alkyl halides is 2. The van der Waals surface area contributed by atoms with Crippen LogP contribution in [0, 0.1) is 0 Å². The minimum Gasteiger partial charge on any atom is -0.225 e. The molecule has 18 heavy (non-hydrogen) atoms. The van der Waals surface area contributed by atoms with Gasteiger partial charge in [0, 0.05) is 7.05 Å². The summed E-state index contributed by atoms with van der Waals surface area (Å²) in [5, 5.41) is 4.83. The zero-order valence-corrected chi connectivity index (χ0v) is 10.7. The van der Waals surface area contributed by atoms with Crippen molar-refractivity contribution in [3.63, 3.8) is 0 Å². The van der Waals surface area contributed by atoms with Crippen LogP contribution >= 0.6 is 0 Å². The topological polar surface area (TPSA) is 97.5 Å². The Bertz CT molecular complexity index is 643. The fourth-order valence-corrected chi connectivity index (χ4v) is 3.53. The van der Waals surface area contributed by atoms with Crippen molar-refractivity contribution in [2.45, 2.75) is 16.3 Å². The Morgan fingerprint density at radius 2 is 1.56 bits per heavy atom. The number of rotatable bonds is 4. The molecule has 1 rings (SSSR count). The highest BCUT2D eigenvalue weighted by Crippen LogP contribution is 2.24. The highest BCUT2D eigenvalue weighted by Gasteiger charge is 2.32. The number of nitrogens with zero attached hydrogens (tertiary/aromatic N) is 1. The van der Waals surface area contributed by atoms with E-state index in [1.165, 1.54) is 12.1 Å². The molecule has 0 spiro atoms. The normalized spacial score (nSPS) is 13.2. The molecule has 102 valence electrons. The molecule has 2 N–H and O–H groups in total. The summed E-state index contributed by atoms with van der Waals surface area (Å²) in [4.78, 5) is -1.51. The lowest BCUT2D eigenvalue weighted by Gasteiger charge is -2.17. The molecular weight excluding hydrogens is 290 g/mol. The molecule has 0 bridgehead atoms. The van der Waals surface area contributed by atoms with Crippen molar-refractivity contribution in [3.05, 3.63) is 24.3 Å². The molecule has 0 fully saturated rings. The van der Waals surface area contributed by atoms with E-state index in [0.717, 1.165) is 12.1 Å². The summed E-state index contributed by atoms with van der Waals surface area (Å²) in [7, 11) is -8.32. The summed E-state index contributed by atoms with van der Waals surface area (Å²) < 4.78 is 70.5. The summed E-state index contributed by atoms with van der Waals surface area (Å²) in [5.41, 5.74) is 0. The van der Waals surface area contributed by atoms with Crippen molar-refractivity contribution in [1.82, 2.24) is 4.31 Å². The molecule has 0 amide bonds. The van der Waals surface area contributed by atoms with Gasteiger partial charge in [-0.25, -0.2) is 22.0 Å². The van der Waals surface area contributed by atoms with Gasteiger partial charge >= 0.3 is 6.55 Å². The molecule has 0 saturated heterocycles. The van der Waals surface area contributed by atoms with Crippen LogP contribution in [0.3, 0.4) is 0 Å². The number of hydrogen-bond donors (Lipinski definition) is 1. The minimum absolute atomic E-state index is 0.239. The Hall–Kier alpha value is -1.10. The van der Waals surface area contributed by atoms with Gasteiger partial charge in [0.05, 0.1) is 0 Å². The Balaban J connectivity index is 3.53. The average Bonchev–Trinajstić information content (AvgIpc) is 2.26. The van der Waals surface area contributed by atoms with E-state index in [-0.39, 0.29) is 4.31 Å². The maximum Gasteiger partial charge on any atom is 0.307 e. The first-order chi connectivity index (χ1) is 8.08. The van der Waals surface area contributed by atoms with Gasteiger partial charge in [-0.15, -0.1) is 4.31 Å². The Morgan fingerprint density at radius 1 is 1.11 bits per heavy atom. The van der Waals surface area contributed by atoms with Crippen LogP contribution in [0.1, 0.15) is 0 Å². The first-order valence-corrected chi connectivity index (χ1v) is 7.45. The van der Waals surface area contributed by atoms with E-state index in [9.17, 15) is 25.6 Å². The Kier molecular flexibility index (Phi) is 4.05. The predicted octanol–water partition coefficient (Wildman–Crippen LogP) is 0.177. The zero-order chi connectivity index (χ0) is 14.1. The van der Waals surface area contributed by atoms with Crippen molar-refractivity contribution in [2.24, 2.45) is 5.14 Å². The fraction of sp³-hybridized carbons (Fsp3) is 0.250. The smallest absolute Gasteiger partial charge is 0.225 e. The number of benzene rings is 1. The second-order valence-electron chi connectivity index (χ2n) is 3.29. The monoisotopic (exact) mass is 300 g/mol. The molecule has 6 nitrogen and oxygen atoms in total. The SMILES string of the molecule is CN(C(F)F)S(=O)(=O)c1ccccc1S(N)(=O)=O. The van der Waals surface area contributed by atoms with Gasteiger partial charge in [0.1, 0.15) is 9.79 Å². The lowest BCUT2D eigenvalue weighted by molar-refractivity contribution is 0.0463. The molecule has 10 heteroatoms. The van der Waals surface area contributed by atoms with Gasteiger partial charge < -0.3 is 0 Å². The van der Waals surface area contributed by atoms with Crippen LogP contribution in [0.4, 0.5) is 8.78 Å². The van der Waals surface area contributed by atoms with Gasteiger partial charge in [-0.1, -0.05) is 12.1 Å². The third kappa shape index (κ3) is 2.83. The third-order valence-corrected chi connectivity index (χ3v) is 5.02. The maximum atomic E-state index is 12.4. The van der Waals surface area contributed by atoms with E-state index in [2.05, 4.69) is 0 Å². The molecule has 0 saturated carbocycles. The van der Waals surface area contributed by atoms with E-state index in [1.54, 1.807) is 0 Å². The van der Waals surface area contributed by atoms with Crippen molar-refractivity contribution in [1.29, 1.82) is 0 Å². The second kappa shape index (κ2) is 4.88. The fourth-order valence-electron chi connectivity index (χ4n) is 1.16. The van der Waals surface area contributed by atoms with Crippen LogP contribution in [-0.2, 0) is 20.0 Å². The number of nitrogens with two attached hydrogens (primary N) is 1. The van der Waals surface area contributed by atoms with Gasteiger partial charge in [0.15, 0.2) is 0 Å². The van der Waals surface area contributed by atoms with Crippen LogP contribution in [0.25, 0.3) is 0 Å². The zero-order valence-electron chi connectivity index (χ0n) is 9.12. The number of halogens is 2. The first kappa shape index (κ1) is 15.0. The van der Waals surface area contributed by atoms with Crippen LogP contribution in [0.15, 0.2) is 34.1 Å². The molecule has 0 atom stereocenters. The first-order valence-electron chi connectivity index (χ1n) is 4.46. The molecule has 1 aromatic rings. The number of hydrogen-bond acceptors (Lipinski definition) is 4. The summed E-state index contributed by atoms with van der Waals surface area (Å²) >= 11 is 0. The molecule has 0 aliphatic heterocycles.